The van der Waals surface area contributed by atoms with E-state index in [9.17, 15) is 4.79 Å². The van der Waals surface area contributed by atoms with Crippen molar-refractivity contribution in [2.24, 2.45) is 0 Å². The number of likely N-dealkylation sites (tertiary alicyclic amines) is 1. The van der Waals surface area contributed by atoms with E-state index in [4.69, 9.17) is 4.74 Å². The van der Waals surface area contributed by atoms with Crippen LogP contribution in [0.1, 0.15) is 50.6 Å². The van der Waals surface area contributed by atoms with Gasteiger partial charge in [-0.1, -0.05) is 6.42 Å². The number of amides is 1. The highest BCUT2D eigenvalue weighted by molar-refractivity contribution is 5.67. The van der Waals surface area contributed by atoms with Gasteiger partial charge in [0.2, 0.25) is 0 Å². The highest BCUT2D eigenvalue weighted by atomic mass is 16.6. The van der Waals surface area contributed by atoms with E-state index in [1.165, 1.54) is 19.3 Å². The zero-order valence-electron chi connectivity index (χ0n) is 13.1. The molecule has 6 nitrogen and oxygen atoms in total. The molecule has 120 valence electrons. The van der Waals surface area contributed by atoms with Crippen LogP contribution in [-0.2, 0) is 4.74 Å². The highest BCUT2D eigenvalue weighted by Crippen LogP contribution is 2.35. The van der Waals surface area contributed by atoms with Crippen LogP contribution < -0.4 is 5.32 Å². The van der Waals surface area contributed by atoms with Crippen molar-refractivity contribution in [3.05, 3.63) is 18.1 Å². The summed E-state index contributed by atoms with van der Waals surface area (Å²) in [5, 5.41) is 3.49. The quantitative estimate of drug-likeness (QED) is 0.926. The summed E-state index contributed by atoms with van der Waals surface area (Å²) >= 11 is 0. The highest BCUT2D eigenvalue weighted by Gasteiger charge is 2.24. The van der Waals surface area contributed by atoms with Crippen LogP contribution in [0.3, 0.4) is 0 Å². The van der Waals surface area contributed by atoms with Crippen LogP contribution in [-0.4, -0.2) is 46.7 Å². The van der Waals surface area contributed by atoms with Crippen molar-refractivity contribution in [2.75, 3.05) is 25.0 Å². The van der Waals surface area contributed by atoms with Gasteiger partial charge in [0.15, 0.2) is 0 Å². The fraction of sp³-hybridized carbons (Fsp3) is 0.688. The minimum Gasteiger partial charge on any atom is -0.450 e. The SMILES string of the molecule is CCOC(=O)N1CCC(Nc2cc(C3CCC3)ncn2)CC1. The number of anilines is 1. The summed E-state index contributed by atoms with van der Waals surface area (Å²) in [5.41, 5.74) is 1.16. The molecule has 2 heterocycles. The summed E-state index contributed by atoms with van der Waals surface area (Å²) in [6.07, 6.45) is 7.09. The second-order valence-electron chi connectivity index (χ2n) is 6.06. The number of ether oxygens (including phenoxy) is 1. The Labute approximate surface area is 131 Å². The van der Waals surface area contributed by atoms with Gasteiger partial charge in [0.05, 0.1) is 6.61 Å². The van der Waals surface area contributed by atoms with Crippen molar-refractivity contribution >= 4 is 11.9 Å². The Bertz CT molecular complexity index is 511. The average molecular weight is 304 g/mol. The second-order valence-corrected chi connectivity index (χ2v) is 6.06. The van der Waals surface area contributed by atoms with E-state index in [0.29, 0.717) is 18.6 Å². The van der Waals surface area contributed by atoms with E-state index in [-0.39, 0.29) is 6.09 Å². The number of carbonyl (C=O) groups excluding carboxylic acids is 1. The Kier molecular flexibility index (Phi) is 4.75. The van der Waals surface area contributed by atoms with Crippen molar-refractivity contribution in [1.82, 2.24) is 14.9 Å². The summed E-state index contributed by atoms with van der Waals surface area (Å²) in [4.78, 5) is 22.2. The first-order chi connectivity index (χ1) is 10.8. The maximum absolute atomic E-state index is 11.7. The fourth-order valence-electron chi connectivity index (χ4n) is 3.01. The molecule has 0 spiro atoms. The smallest absolute Gasteiger partial charge is 0.409 e. The number of carbonyl (C=O) groups is 1. The zero-order chi connectivity index (χ0) is 15.4. The van der Waals surface area contributed by atoms with E-state index in [1.54, 1.807) is 11.2 Å². The molecule has 1 saturated carbocycles. The van der Waals surface area contributed by atoms with Crippen LogP contribution in [0.25, 0.3) is 0 Å². The number of hydrogen-bond acceptors (Lipinski definition) is 5. The van der Waals surface area contributed by atoms with Gasteiger partial charge in [-0.3, -0.25) is 0 Å². The molecule has 1 saturated heterocycles. The van der Waals surface area contributed by atoms with Crippen molar-refractivity contribution in [3.63, 3.8) is 0 Å². The average Bonchev–Trinajstić information content (AvgIpc) is 2.47. The van der Waals surface area contributed by atoms with Crippen LogP contribution in [0.5, 0.6) is 0 Å². The molecule has 1 amide bonds. The Hall–Kier alpha value is -1.85. The lowest BCUT2D eigenvalue weighted by molar-refractivity contribution is 0.0983. The Morgan fingerprint density at radius 3 is 2.73 bits per heavy atom. The number of piperidine rings is 1. The molecule has 2 aliphatic rings. The van der Waals surface area contributed by atoms with Crippen LogP contribution >= 0.6 is 0 Å². The van der Waals surface area contributed by atoms with Gasteiger partial charge in [-0.25, -0.2) is 14.8 Å². The molecule has 0 atom stereocenters. The molecule has 6 heteroatoms. The third-order valence-electron chi connectivity index (χ3n) is 4.58. The fourth-order valence-corrected chi connectivity index (χ4v) is 3.01. The molecule has 1 aromatic rings. The van der Waals surface area contributed by atoms with Crippen LogP contribution in [0.4, 0.5) is 10.6 Å². The Balaban J connectivity index is 1.51. The molecule has 0 radical (unpaired) electrons. The van der Waals surface area contributed by atoms with Crippen LogP contribution in [0.15, 0.2) is 12.4 Å². The maximum Gasteiger partial charge on any atom is 0.409 e. The minimum atomic E-state index is -0.199. The summed E-state index contributed by atoms with van der Waals surface area (Å²) in [6.45, 7) is 3.73. The summed E-state index contributed by atoms with van der Waals surface area (Å²) in [7, 11) is 0. The molecule has 1 aliphatic carbocycles. The molecule has 0 unspecified atom stereocenters. The first-order valence-corrected chi connectivity index (χ1v) is 8.26. The minimum absolute atomic E-state index is 0.199. The predicted octanol–water partition coefficient (Wildman–Crippen LogP) is 2.78. The summed E-state index contributed by atoms with van der Waals surface area (Å²) in [6, 6.07) is 2.44. The van der Waals surface area contributed by atoms with Crippen LogP contribution in [0, 0.1) is 0 Å². The monoisotopic (exact) mass is 304 g/mol. The lowest BCUT2D eigenvalue weighted by Gasteiger charge is -2.32. The van der Waals surface area contributed by atoms with Gasteiger partial charge in [-0.05, 0) is 32.6 Å². The first kappa shape index (κ1) is 15.1. The second kappa shape index (κ2) is 6.94. The molecule has 1 N–H and O–H groups in total. The molecular weight excluding hydrogens is 280 g/mol. The van der Waals surface area contributed by atoms with Crippen molar-refractivity contribution < 1.29 is 9.53 Å². The van der Waals surface area contributed by atoms with E-state index >= 15 is 0 Å². The molecule has 22 heavy (non-hydrogen) atoms. The van der Waals surface area contributed by atoms with Gasteiger partial charge in [-0.15, -0.1) is 0 Å². The molecule has 1 aromatic heterocycles. The van der Waals surface area contributed by atoms with Gasteiger partial charge in [0.25, 0.3) is 0 Å². The van der Waals surface area contributed by atoms with E-state index < -0.39 is 0 Å². The standard InChI is InChI=1S/C16H24N4O2/c1-2-22-16(21)20-8-6-13(7-9-20)19-15-10-14(17-11-18-15)12-4-3-5-12/h10-13H,2-9H2,1H3,(H,17,18,19). The van der Waals surface area contributed by atoms with E-state index in [1.807, 2.05) is 6.92 Å². The Morgan fingerprint density at radius 2 is 2.09 bits per heavy atom. The van der Waals surface area contributed by atoms with Gasteiger partial charge >= 0.3 is 6.09 Å². The first-order valence-electron chi connectivity index (χ1n) is 8.26. The third kappa shape index (κ3) is 3.48. The molecule has 0 aromatic carbocycles. The van der Waals surface area contributed by atoms with Crippen molar-refractivity contribution in [1.29, 1.82) is 0 Å². The van der Waals surface area contributed by atoms with Gasteiger partial charge in [0, 0.05) is 36.8 Å². The zero-order valence-corrected chi connectivity index (χ0v) is 13.1. The van der Waals surface area contributed by atoms with Crippen molar-refractivity contribution in [3.8, 4) is 0 Å². The molecule has 2 fully saturated rings. The topological polar surface area (TPSA) is 67.3 Å². The number of nitrogens with one attached hydrogen (secondary N) is 1. The summed E-state index contributed by atoms with van der Waals surface area (Å²) in [5.74, 6) is 1.53. The predicted molar refractivity (Wildman–Crippen MR) is 83.9 cm³/mol. The molecule has 1 aliphatic heterocycles. The maximum atomic E-state index is 11.7. The normalized spacial score (nSPS) is 19.6. The Morgan fingerprint density at radius 1 is 1.32 bits per heavy atom. The van der Waals surface area contributed by atoms with Crippen molar-refractivity contribution in [2.45, 2.75) is 51.0 Å². The largest absolute Gasteiger partial charge is 0.450 e. The number of nitrogens with zero attached hydrogens (tertiary/aromatic N) is 3. The van der Waals surface area contributed by atoms with Crippen LogP contribution in [0.2, 0.25) is 0 Å². The van der Waals surface area contributed by atoms with Gasteiger partial charge in [0.1, 0.15) is 12.1 Å². The lowest BCUT2D eigenvalue weighted by Crippen LogP contribution is -2.42. The molecule has 3 rings (SSSR count). The van der Waals surface area contributed by atoms with E-state index in [2.05, 4.69) is 21.4 Å². The number of rotatable bonds is 4. The van der Waals surface area contributed by atoms with Gasteiger partial charge < -0.3 is 15.0 Å². The third-order valence-corrected chi connectivity index (χ3v) is 4.58. The number of hydrogen-bond donors (Lipinski definition) is 1. The van der Waals surface area contributed by atoms with E-state index in [0.717, 1.165) is 37.4 Å². The molecule has 0 bridgehead atoms. The lowest BCUT2D eigenvalue weighted by atomic mass is 9.83. The summed E-state index contributed by atoms with van der Waals surface area (Å²) < 4.78 is 5.04. The molecular formula is C16H24N4O2. The number of aromatic nitrogens is 2. The van der Waals surface area contributed by atoms with Gasteiger partial charge in [-0.2, -0.15) is 0 Å².